The van der Waals surface area contributed by atoms with E-state index in [9.17, 15) is 18.0 Å². The average Bonchev–Trinajstić information content (AvgIpc) is 2.48. The second-order valence-electron chi connectivity index (χ2n) is 5.54. The standard InChI is InChI=1S/C15H20F3N3O2/c1-10-9-23-8-7-21(10)6-5-19-14(22)12-3-4-13(15(16,17)18)20-11(12)2/h3-4,10H,5-9H2,1-2H3,(H,19,22). The van der Waals surface area contributed by atoms with E-state index in [-0.39, 0.29) is 17.3 Å². The molecule has 0 aromatic carbocycles. The third kappa shape index (κ3) is 4.65. The Kier molecular flexibility index (Phi) is 5.59. The molecule has 2 heterocycles. The van der Waals surface area contributed by atoms with Gasteiger partial charge < -0.3 is 10.1 Å². The largest absolute Gasteiger partial charge is 0.433 e. The van der Waals surface area contributed by atoms with Crippen LogP contribution in [0.3, 0.4) is 0 Å². The van der Waals surface area contributed by atoms with Crippen molar-refractivity contribution in [3.05, 3.63) is 29.1 Å². The van der Waals surface area contributed by atoms with E-state index in [0.29, 0.717) is 26.3 Å². The predicted molar refractivity (Wildman–Crippen MR) is 78.2 cm³/mol. The highest BCUT2D eigenvalue weighted by Crippen LogP contribution is 2.28. The molecule has 1 saturated heterocycles. The van der Waals surface area contributed by atoms with Crippen LogP contribution in [0.5, 0.6) is 0 Å². The molecule has 23 heavy (non-hydrogen) atoms. The topological polar surface area (TPSA) is 54.5 Å². The van der Waals surface area contributed by atoms with Gasteiger partial charge in [0.05, 0.1) is 24.5 Å². The normalized spacial score (nSPS) is 19.6. The zero-order chi connectivity index (χ0) is 17.0. The minimum absolute atomic E-state index is 0.0667. The Bertz CT molecular complexity index is 563. The van der Waals surface area contributed by atoms with Gasteiger partial charge in [0.1, 0.15) is 5.69 Å². The van der Waals surface area contributed by atoms with Crippen LogP contribution in [0.1, 0.15) is 28.7 Å². The molecule has 0 radical (unpaired) electrons. The van der Waals surface area contributed by atoms with Crippen molar-refractivity contribution < 1.29 is 22.7 Å². The van der Waals surface area contributed by atoms with Crippen LogP contribution in [0.2, 0.25) is 0 Å². The van der Waals surface area contributed by atoms with Crippen LogP contribution in [0.25, 0.3) is 0 Å². The first-order valence-electron chi connectivity index (χ1n) is 7.44. The van der Waals surface area contributed by atoms with Gasteiger partial charge in [-0.2, -0.15) is 13.2 Å². The van der Waals surface area contributed by atoms with Gasteiger partial charge in [-0.25, -0.2) is 4.98 Å². The predicted octanol–water partition coefficient (Wildman–Crippen LogP) is 1.86. The molecule has 1 aliphatic heterocycles. The lowest BCUT2D eigenvalue weighted by atomic mass is 10.1. The highest BCUT2D eigenvalue weighted by atomic mass is 19.4. The number of halogens is 3. The molecule has 8 heteroatoms. The summed E-state index contributed by atoms with van der Waals surface area (Å²) in [6, 6.07) is 2.28. The van der Waals surface area contributed by atoms with Crippen LogP contribution in [0, 0.1) is 6.92 Å². The van der Waals surface area contributed by atoms with E-state index in [1.165, 1.54) is 6.92 Å². The van der Waals surface area contributed by atoms with Crippen LogP contribution in [-0.2, 0) is 10.9 Å². The Hall–Kier alpha value is -1.67. The molecular formula is C15H20F3N3O2. The van der Waals surface area contributed by atoms with Crippen LogP contribution in [-0.4, -0.2) is 54.7 Å². The Morgan fingerprint density at radius 1 is 1.48 bits per heavy atom. The van der Waals surface area contributed by atoms with Crippen LogP contribution < -0.4 is 5.32 Å². The summed E-state index contributed by atoms with van der Waals surface area (Å²) < 4.78 is 43.0. The monoisotopic (exact) mass is 331 g/mol. The number of ether oxygens (including phenoxy) is 1. The number of alkyl halides is 3. The van der Waals surface area contributed by atoms with Crippen molar-refractivity contribution in [2.45, 2.75) is 26.1 Å². The van der Waals surface area contributed by atoms with Crippen molar-refractivity contribution in [2.75, 3.05) is 32.8 Å². The van der Waals surface area contributed by atoms with Crippen molar-refractivity contribution in [2.24, 2.45) is 0 Å². The number of rotatable bonds is 4. The van der Waals surface area contributed by atoms with Gasteiger partial charge >= 0.3 is 6.18 Å². The molecular weight excluding hydrogens is 311 g/mol. The number of hydrogen-bond acceptors (Lipinski definition) is 4. The molecule has 128 valence electrons. The summed E-state index contributed by atoms with van der Waals surface area (Å²) in [4.78, 5) is 17.7. The van der Waals surface area contributed by atoms with Crippen molar-refractivity contribution in [1.29, 1.82) is 0 Å². The molecule has 2 rings (SSSR count). The number of carbonyl (C=O) groups is 1. The first-order chi connectivity index (χ1) is 10.8. The lowest BCUT2D eigenvalue weighted by molar-refractivity contribution is -0.141. The molecule has 1 N–H and O–H groups in total. The van der Waals surface area contributed by atoms with Crippen LogP contribution in [0.15, 0.2) is 12.1 Å². The summed E-state index contributed by atoms with van der Waals surface area (Å²) in [5.41, 5.74) is -0.765. The fourth-order valence-corrected chi connectivity index (χ4v) is 2.46. The summed E-state index contributed by atoms with van der Waals surface area (Å²) in [5.74, 6) is -0.412. The summed E-state index contributed by atoms with van der Waals surface area (Å²) in [5, 5.41) is 2.72. The smallest absolute Gasteiger partial charge is 0.379 e. The van der Waals surface area contributed by atoms with E-state index in [1.54, 1.807) is 0 Å². The zero-order valence-electron chi connectivity index (χ0n) is 13.1. The van der Waals surface area contributed by atoms with Gasteiger partial charge in [0.2, 0.25) is 0 Å². The Morgan fingerprint density at radius 2 is 2.22 bits per heavy atom. The van der Waals surface area contributed by atoms with Gasteiger partial charge in [-0.05, 0) is 26.0 Å². The molecule has 1 unspecified atom stereocenters. The second kappa shape index (κ2) is 7.27. The van der Waals surface area contributed by atoms with Gasteiger partial charge in [0, 0.05) is 25.7 Å². The maximum atomic E-state index is 12.6. The highest BCUT2D eigenvalue weighted by molar-refractivity contribution is 5.95. The average molecular weight is 331 g/mol. The molecule has 0 aliphatic carbocycles. The number of nitrogens with one attached hydrogen (secondary N) is 1. The van der Waals surface area contributed by atoms with Gasteiger partial charge in [-0.15, -0.1) is 0 Å². The number of carbonyl (C=O) groups excluding carboxylic acids is 1. The first-order valence-corrected chi connectivity index (χ1v) is 7.44. The lowest BCUT2D eigenvalue weighted by Gasteiger charge is -2.33. The maximum absolute atomic E-state index is 12.6. The number of aromatic nitrogens is 1. The molecule has 0 saturated carbocycles. The van der Waals surface area contributed by atoms with Crippen molar-refractivity contribution in [3.8, 4) is 0 Å². The molecule has 1 amide bonds. The summed E-state index contributed by atoms with van der Waals surface area (Å²) in [6.07, 6.45) is -4.51. The highest BCUT2D eigenvalue weighted by Gasteiger charge is 2.33. The van der Waals surface area contributed by atoms with E-state index in [0.717, 1.165) is 18.7 Å². The Morgan fingerprint density at radius 3 is 2.83 bits per heavy atom. The van der Waals surface area contributed by atoms with Crippen LogP contribution in [0.4, 0.5) is 13.2 Å². The van der Waals surface area contributed by atoms with E-state index < -0.39 is 17.8 Å². The first kappa shape index (κ1) is 17.7. The number of hydrogen-bond donors (Lipinski definition) is 1. The van der Waals surface area contributed by atoms with Gasteiger partial charge in [0.25, 0.3) is 5.91 Å². The number of amides is 1. The van der Waals surface area contributed by atoms with E-state index in [1.807, 2.05) is 6.92 Å². The number of nitrogens with zero attached hydrogens (tertiary/aromatic N) is 2. The van der Waals surface area contributed by atoms with Gasteiger partial charge in [-0.1, -0.05) is 0 Å². The number of aryl methyl sites for hydroxylation is 1. The molecule has 1 fully saturated rings. The molecule has 0 bridgehead atoms. The fraction of sp³-hybridized carbons (Fsp3) is 0.600. The summed E-state index contributed by atoms with van der Waals surface area (Å²) >= 11 is 0. The SMILES string of the molecule is Cc1nc(C(F)(F)F)ccc1C(=O)NCCN1CCOCC1C. The van der Waals surface area contributed by atoms with Crippen molar-refractivity contribution in [1.82, 2.24) is 15.2 Å². The molecule has 1 aromatic rings. The third-order valence-corrected chi connectivity index (χ3v) is 3.81. The van der Waals surface area contributed by atoms with Gasteiger partial charge in [-0.3, -0.25) is 9.69 Å². The molecule has 1 aliphatic rings. The molecule has 5 nitrogen and oxygen atoms in total. The zero-order valence-corrected chi connectivity index (χ0v) is 13.1. The Balaban J connectivity index is 1.90. The molecule has 1 aromatic heterocycles. The second-order valence-corrected chi connectivity index (χ2v) is 5.54. The molecule has 0 spiro atoms. The fourth-order valence-electron chi connectivity index (χ4n) is 2.46. The number of morpholine rings is 1. The molecule has 1 atom stereocenters. The summed E-state index contributed by atoms with van der Waals surface area (Å²) in [7, 11) is 0. The minimum Gasteiger partial charge on any atom is -0.379 e. The quantitative estimate of drug-likeness (QED) is 0.915. The van der Waals surface area contributed by atoms with Crippen molar-refractivity contribution >= 4 is 5.91 Å². The van der Waals surface area contributed by atoms with E-state index in [4.69, 9.17) is 4.74 Å². The maximum Gasteiger partial charge on any atom is 0.433 e. The summed E-state index contributed by atoms with van der Waals surface area (Å²) in [6.45, 7) is 6.67. The minimum atomic E-state index is -4.51. The van der Waals surface area contributed by atoms with E-state index in [2.05, 4.69) is 15.2 Å². The van der Waals surface area contributed by atoms with Crippen molar-refractivity contribution in [3.63, 3.8) is 0 Å². The Labute approximate surface area is 132 Å². The lowest BCUT2D eigenvalue weighted by Crippen LogP contribution is -2.46. The number of pyridine rings is 1. The van der Waals surface area contributed by atoms with Crippen LogP contribution >= 0.6 is 0 Å². The van der Waals surface area contributed by atoms with Gasteiger partial charge in [0.15, 0.2) is 0 Å². The third-order valence-electron chi connectivity index (χ3n) is 3.81. The van der Waals surface area contributed by atoms with E-state index >= 15 is 0 Å².